The second-order valence-electron chi connectivity index (χ2n) is 6.55. The minimum Gasteiger partial charge on any atom is -0.480 e. The molecule has 1 heterocycles. The fourth-order valence-electron chi connectivity index (χ4n) is 2.48. The summed E-state index contributed by atoms with van der Waals surface area (Å²) >= 11 is 0. The van der Waals surface area contributed by atoms with Crippen molar-refractivity contribution in [2.75, 3.05) is 0 Å². The van der Waals surface area contributed by atoms with Crippen LogP contribution in [0.4, 0.5) is 4.79 Å². The summed E-state index contributed by atoms with van der Waals surface area (Å²) in [5.41, 5.74) is 2.17. The van der Waals surface area contributed by atoms with Gasteiger partial charge in [-0.25, -0.2) is 9.59 Å². The van der Waals surface area contributed by atoms with E-state index in [1.807, 2.05) is 25.1 Å². The van der Waals surface area contributed by atoms with Crippen LogP contribution in [0, 0.1) is 6.92 Å². The molecule has 1 amide bonds. The predicted molar refractivity (Wildman–Crippen MR) is 87.5 cm³/mol. The number of aliphatic carboxylic acids is 1. The summed E-state index contributed by atoms with van der Waals surface area (Å²) in [6.07, 6.45) is 1.23. The number of carboxylic acid groups (broad SMARTS) is 1. The number of amides is 1. The Kier molecular flexibility index (Phi) is 4.63. The van der Waals surface area contributed by atoms with Crippen LogP contribution in [0.15, 0.2) is 24.4 Å². The van der Waals surface area contributed by atoms with Gasteiger partial charge in [0.25, 0.3) is 0 Å². The normalized spacial score (nSPS) is 12.9. The van der Waals surface area contributed by atoms with Gasteiger partial charge in [0.15, 0.2) is 0 Å². The summed E-state index contributed by atoms with van der Waals surface area (Å²) in [6, 6.07) is 4.79. The standard InChI is InChI=1S/C17H22N2O4/c1-10-6-5-7-12-14(10)11(9-18-12)8-13(15(20)21)19-16(22)23-17(2,3)4/h5-7,9,13,18H,8H2,1-4H3,(H,19,22)(H,20,21). The number of carbonyl (C=O) groups is 2. The Morgan fingerprint density at radius 1 is 1.35 bits per heavy atom. The monoisotopic (exact) mass is 318 g/mol. The second-order valence-corrected chi connectivity index (χ2v) is 6.55. The van der Waals surface area contributed by atoms with E-state index in [0.29, 0.717) is 0 Å². The Hall–Kier alpha value is -2.50. The van der Waals surface area contributed by atoms with Crippen LogP contribution in [0.3, 0.4) is 0 Å². The number of rotatable bonds is 4. The van der Waals surface area contributed by atoms with Gasteiger partial charge in [-0.15, -0.1) is 0 Å². The summed E-state index contributed by atoms with van der Waals surface area (Å²) < 4.78 is 5.13. The lowest BCUT2D eigenvalue weighted by Crippen LogP contribution is -2.44. The molecule has 6 heteroatoms. The number of aromatic nitrogens is 1. The maximum Gasteiger partial charge on any atom is 0.408 e. The maximum absolute atomic E-state index is 11.8. The van der Waals surface area contributed by atoms with Gasteiger partial charge in [0.2, 0.25) is 0 Å². The number of aryl methyl sites for hydroxylation is 1. The molecule has 0 spiro atoms. The number of H-pyrrole nitrogens is 1. The molecule has 1 aromatic heterocycles. The molecule has 1 unspecified atom stereocenters. The third kappa shape index (κ3) is 4.25. The molecule has 0 saturated heterocycles. The molecular weight excluding hydrogens is 296 g/mol. The zero-order valence-corrected chi connectivity index (χ0v) is 13.8. The van der Waals surface area contributed by atoms with E-state index >= 15 is 0 Å². The molecular formula is C17H22N2O4. The van der Waals surface area contributed by atoms with Gasteiger partial charge < -0.3 is 20.1 Å². The first-order valence-electron chi connectivity index (χ1n) is 7.45. The highest BCUT2D eigenvalue weighted by molar-refractivity contribution is 5.88. The fraction of sp³-hybridized carbons (Fsp3) is 0.412. The highest BCUT2D eigenvalue weighted by Crippen LogP contribution is 2.23. The van der Waals surface area contributed by atoms with E-state index < -0.39 is 23.7 Å². The number of carbonyl (C=O) groups excluding carboxylic acids is 1. The molecule has 1 atom stereocenters. The van der Waals surface area contributed by atoms with Crippen molar-refractivity contribution in [2.24, 2.45) is 0 Å². The lowest BCUT2D eigenvalue weighted by molar-refractivity contribution is -0.139. The van der Waals surface area contributed by atoms with Gasteiger partial charge in [-0.3, -0.25) is 0 Å². The van der Waals surface area contributed by atoms with E-state index in [9.17, 15) is 14.7 Å². The van der Waals surface area contributed by atoms with E-state index in [-0.39, 0.29) is 6.42 Å². The number of fused-ring (bicyclic) bond motifs is 1. The second kappa shape index (κ2) is 6.32. The minimum absolute atomic E-state index is 0.180. The summed E-state index contributed by atoms with van der Waals surface area (Å²) in [7, 11) is 0. The molecule has 0 aliphatic rings. The molecule has 124 valence electrons. The summed E-state index contributed by atoms with van der Waals surface area (Å²) in [4.78, 5) is 26.4. The third-order valence-corrected chi connectivity index (χ3v) is 3.41. The molecule has 1 aromatic carbocycles. The molecule has 3 N–H and O–H groups in total. The Bertz CT molecular complexity index is 728. The lowest BCUT2D eigenvalue weighted by Gasteiger charge is -2.22. The Morgan fingerprint density at radius 2 is 2.04 bits per heavy atom. The lowest BCUT2D eigenvalue weighted by atomic mass is 10.0. The van der Waals surface area contributed by atoms with E-state index in [1.165, 1.54) is 0 Å². The first-order valence-corrected chi connectivity index (χ1v) is 7.45. The highest BCUT2D eigenvalue weighted by atomic mass is 16.6. The number of hydrogen-bond acceptors (Lipinski definition) is 3. The van der Waals surface area contributed by atoms with Gasteiger partial charge >= 0.3 is 12.1 Å². The number of ether oxygens (including phenoxy) is 1. The molecule has 0 aliphatic heterocycles. The zero-order chi connectivity index (χ0) is 17.2. The first-order chi connectivity index (χ1) is 10.7. The quantitative estimate of drug-likeness (QED) is 0.808. The maximum atomic E-state index is 11.8. The summed E-state index contributed by atoms with van der Waals surface area (Å²) in [6.45, 7) is 7.15. The molecule has 6 nitrogen and oxygen atoms in total. The number of carboxylic acids is 1. The smallest absolute Gasteiger partial charge is 0.408 e. The number of aromatic amines is 1. The van der Waals surface area contributed by atoms with Crippen molar-refractivity contribution in [3.05, 3.63) is 35.5 Å². The van der Waals surface area contributed by atoms with E-state index in [0.717, 1.165) is 22.0 Å². The van der Waals surface area contributed by atoms with E-state index in [4.69, 9.17) is 4.74 Å². The average molecular weight is 318 g/mol. The van der Waals surface area contributed by atoms with Crippen molar-refractivity contribution >= 4 is 23.0 Å². The number of hydrogen-bond donors (Lipinski definition) is 3. The average Bonchev–Trinajstić information content (AvgIpc) is 2.80. The zero-order valence-electron chi connectivity index (χ0n) is 13.8. The van der Waals surface area contributed by atoms with Crippen LogP contribution >= 0.6 is 0 Å². The third-order valence-electron chi connectivity index (χ3n) is 3.41. The van der Waals surface area contributed by atoms with Crippen molar-refractivity contribution in [3.8, 4) is 0 Å². The van der Waals surface area contributed by atoms with Crippen molar-refractivity contribution in [2.45, 2.75) is 45.8 Å². The van der Waals surface area contributed by atoms with Gasteiger partial charge in [-0.2, -0.15) is 0 Å². The Morgan fingerprint density at radius 3 is 2.65 bits per heavy atom. The number of alkyl carbamates (subject to hydrolysis) is 1. The van der Waals surface area contributed by atoms with Crippen molar-refractivity contribution in [3.63, 3.8) is 0 Å². The van der Waals surface area contributed by atoms with Crippen molar-refractivity contribution < 1.29 is 19.4 Å². The van der Waals surface area contributed by atoms with Gasteiger partial charge in [0, 0.05) is 23.5 Å². The molecule has 0 bridgehead atoms. The van der Waals surface area contributed by atoms with Crippen LogP contribution < -0.4 is 5.32 Å². The molecule has 23 heavy (non-hydrogen) atoms. The predicted octanol–water partition coefficient (Wildman–Crippen LogP) is 3.00. The number of nitrogens with one attached hydrogen (secondary N) is 2. The van der Waals surface area contributed by atoms with Crippen LogP contribution in [0.1, 0.15) is 31.9 Å². The number of benzene rings is 1. The van der Waals surface area contributed by atoms with Gasteiger partial charge in [0.05, 0.1) is 0 Å². The molecule has 0 radical (unpaired) electrons. The Labute approximate surface area is 134 Å². The fourth-order valence-corrected chi connectivity index (χ4v) is 2.48. The van der Waals surface area contributed by atoms with Crippen LogP contribution in [-0.4, -0.2) is 33.8 Å². The van der Waals surface area contributed by atoms with Crippen molar-refractivity contribution in [1.82, 2.24) is 10.3 Å². The van der Waals surface area contributed by atoms with E-state index in [2.05, 4.69) is 10.3 Å². The van der Waals surface area contributed by atoms with Crippen LogP contribution in [0.25, 0.3) is 10.9 Å². The van der Waals surface area contributed by atoms with E-state index in [1.54, 1.807) is 27.0 Å². The van der Waals surface area contributed by atoms with Crippen LogP contribution in [0.2, 0.25) is 0 Å². The van der Waals surface area contributed by atoms with Gasteiger partial charge in [-0.1, -0.05) is 12.1 Å². The molecule has 0 aliphatic carbocycles. The Balaban J connectivity index is 2.19. The first kappa shape index (κ1) is 16.9. The summed E-state index contributed by atoms with van der Waals surface area (Å²) in [5.74, 6) is -1.10. The van der Waals surface area contributed by atoms with Crippen molar-refractivity contribution in [1.29, 1.82) is 0 Å². The molecule has 2 aromatic rings. The highest BCUT2D eigenvalue weighted by Gasteiger charge is 2.25. The molecule has 0 saturated carbocycles. The van der Waals surface area contributed by atoms with Crippen LogP contribution in [-0.2, 0) is 16.0 Å². The molecule has 0 fully saturated rings. The van der Waals surface area contributed by atoms with Gasteiger partial charge in [-0.05, 0) is 44.9 Å². The topological polar surface area (TPSA) is 91.4 Å². The van der Waals surface area contributed by atoms with Crippen LogP contribution in [0.5, 0.6) is 0 Å². The largest absolute Gasteiger partial charge is 0.480 e. The minimum atomic E-state index is -1.10. The molecule has 2 rings (SSSR count). The summed E-state index contributed by atoms with van der Waals surface area (Å²) in [5, 5.41) is 12.8. The SMILES string of the molecule is Cc1cccc2[nH]cc(CC(NC(=O)OC(C)(C)C)C(=O)O)c12. The van der Waals surface area contributed by atoms with Gasteiger partial charge in [0.1, 0.15) is 11.6 Å².